The minimum Gasteiger partial charge on any atom is -0.462 e. The predicted molar refractivity (Wildman–Crippen MR) is 52.7 cm³/mol. The number of rotatable bonds is 3. The standard InChI is InChI=1S/C10H8F2N2O3/c1-2-17-10(16)7-6(3-13)14-4-5(8(7)15)9(11)12/h4,9H,2H2,1H3,(H,14,15). The fraction of sp³-hybridized carbons (Fsp3) is 0.300. The Morgan fingerprint density at radius 2 is 2.29 bits per heavy atom. The van der Waals surface area contributed by atoms with Crippen LogP contribution in [-0.4, -0.2) is 17.6 Å². The van der Waals surface area contributed by atoms with Gasteiger partial charge in [-0.15, -0.1) is 0 Å². The number of halogens is 2. The van der Waals surface area contributed by atoms with E-state index in [2.05, 4.69) is 9.72 Å². The van der Waals surface area contributed by atoms with Crippen LogP contribution in [0.5, 0.6) is 0 Å². The molecule has 1 N–H and O–H groups in total. The Bertz CT molecular complexity index is 531. The number of hydrogen-bond acceptors (Lipinski definition) is 4. The van der Waals surface area contributed by atoms with Gasteiger partial charge in [-0.05, 0) is 6.92 Å². The third kappa shape index (κ3) is 2.47. The first-order valence-electron chi connectivity index (χ1n) is 4.63. The molecule has 90 valence electrons. The molecule has 1 aromatic rings. The lowest BCUT2D eigenvalue weighted by atomic mass is 10.1. The molecule has 7 heteroatoms. The van der Waals surface area contributed by atoms with Gasteiger partial charge < -0.3 is 9.72 Å². The second kappa shape index (κ2) is 5.21. The normalized spacial score (nSPS) is 10.1. The monoisotopic (exact) mass is 242 g/mol. The van der Waals surface area contributed by atoms with Gasteiger partial charge in [0.1, 0.15) is 17.3 Å². The maximum Gasteiger partial charge on any atom is 0.345 e. The topological polar surface area (TPSA) is 82.9 Å². The quantitative estimate of drug-likeness (QED) is 0.811. The molecule has 1 rings (SSSR count). The minimum atomic E-state index is -3.03. The van der Waals surface area contributed by atoms with Gasteiger partial charge in [-0.1, -0.05) is 0 Å². The number of carbonyl (C=O) groups excluding carboxylic acids is 1. The van der Waals surface area contributed by atoms with Crippen LogP contribution in [0.15, 0.2) is 11.0 Å². The Hall–Kier alpha value is -2.23. The number of hydrogen-bond donors (Lipinski definition) is 1. The highest BCUT2D eigenvalue weighted by atomic mass is 19.3. The van der Waals surface area contributed by atoms with Crippen LogP contribution in [0.25, 0.3) is 0 Å². The molecule has 0 unspecified atom stereocenters. The van der Waals surface area contributed by atoms with Crippen molar-refractivity contribution >= 4 is 5.97 Å². The third-order valence-corrected chi connectivity index (χ3v) is 1.94. The largest absolute Gasteiger partial charge is 0.462 e. The molecule has 0 aromatic carbocycles. The lowest BCUT2D eigenvalue weighted by molar-refractivity contribution is 0.0523. The van der Waals surface area contributed by atoms with E-state index in [-0.39, 0.29) is 6.61 Å². The van der Waals surface area contributed by atoms with Crippen LogP contribution in [0.4, 0.5) is 8.78 Å². The summed E-state index contributed by atoms with van der Waals surface area (Å²) in [5.41, 5.74) is -3.13. The molecule has 0 amide bonds. The molecule has 0 aliphatic rings. The van der Waals surface area contributed by atoms with Gasteiger partial charge in [0.15, 0.2) is 0 Å². The molecule has 1 heterocycles. The number of H-pyrrole nitrogens is 1. The van der Waals surface area contributed by atoms with Crippen molar-refractivity contribution in [2.24, 2.45) is 0 Å². The SMILES string of the molecule is CCOC(=O)c1c(C#N)[nH]cc(C(F)F)c1=O. The molecular weight excluding hydrogens is 234 g/mol. The van der Waals surface area contributed by atoms with E-state index in [1.165, 1.54) is 6.92 Å². The van der Waals surface area contributed by atoms with Crippen molar-refractivity contribution in [3.8, 4) is 6.07 Å². The maximum atomic E-state index is 12.4. The fourth-order valence-corrected chi connectivity index (χ4v) is 1.19. The molecule has 0 fully saturated rings. The van der Waals surface area contributed by atoms with E-state index >= 15 is 0 Å². The Morgan fingerprint density at radius 3 is 2.76 bits per heavy atom. The number of alkyl halides is 2. The summed E-state index contributed by atoms with van der Waals surface area (Å²) in [6.07, 6.45) is -2.31. The molecule has 0 atom stereocenters. The van der Waals surface area contributed by atoms with E-state index < -0.39 is 34.6 Å². The van der Waals surface area contributed by atoms with E-state index in [0.717, 1.165) is 0 Å². The number of nitrogens with one attached hydrogen (secondary N) is 1. The molecule has 0 saturated carbocycles. The number of aromatic amines is 1. The lowest BCUT2D eigenvalue weighted by Crippen LogP contribution is -2.23. The number of pyridine rings is 1. The summed E-state index contributed by atoms with van der Waals surface area (Å²) in [5.74, 6) is -1.09. The molecule has 0 radical (unpaired) electrons. The first-order valence-corrected chi connectivity index (χ1v) is 4.63. The van der Waals surface area contributed by atoms with Gasteiger partial charge in [0, 0.05) is 6.20 Å². The van der Waals surface area contributed by atoms with Crippen molar-refractivity contribution in [1.82, 2.24) is 4.98 Å². The van der Waals surface area contributed by atoms with Crippen molar-refractivity contribution in [3.63, 3.8) is 0 Å². The van der Waals surface area contributed by atoms with Crippen LogP contribution in [0.3, 0.4) is 0 Å². The smallest absolute Gasteiger partial charge is 0.345 e. The van der Waals surface area contributed by atoms with Crippen molar-refractivity contribution < 1.29 is 18.3 Å². The highest BCUT2D eigenvalue weighted by Gasteiger charge is 2.23. The fourth-order valence-electron chi connectivity index (χ4n) is 1.19. The van der Waals surface area contributed by atoms with Crippen molar-refractivity contribution in [1.29, 1.82) is 5.26 Å². The van der Waals surface area contributed by atoms with Gasteiger partial charge in [-0.25, -0.2) is 13.6 Å². The van der Waals surface area contributed by atoms with Crippen LogP contribution < -0.4 is 5.43 Å². The number of nitrogens with zero attached hydrogens (tertiary/aromatic N) is 1. The number of esters is 1. The summed E-state index contributed by atoms with van der Waals surface area (Å²) in [6.45, 7) is 1.47. The Balaban J connectivity index is 3.45. The summed E-state index contributed by atoms with van der Waals surface area (Å²) < 4.78 is 29.4. The van der Waals surface area contributed by atoms with Crippen LogP contribution in [0.2, 0.25) is 0 Å². The van der Waals surface area contributed by atoms with Gasteiger partial charge in [0.25, 0.3) is 6.43 Å². The second-order valence-electron chi connectivity index (χ2n) is 2.96. The van der Waals surface area contributed by atoms with E-state index in [4.69, 9.17) is 5.26 Å². The van der Waals surface area contributed by atoms with Gasteiger partial charge in [-0.3, -0.25) is 4.79 Å². The molecule has 0 saturated heterocycles. The lowest BCUT2D eigenvalue weighted by Gasteiger charge is -2.05. The number of nitriles is 1. The zero-order valence-electron chi connectivity index (χ0n) is 8.79. The van der Waals surface area contributed by atoms with E-state index in [9.17, 15) is 18.4 Å². The van der Waals surface area contributed by atoms with E-state index in [0.29, 0.717) is 6.20 Å². The molecule has 1 aromatic heterocycles. The zero-order chi connectivity index (χ0) is 13.0. The molecule has 5 nitrogen and oxygen atoms in total. The third-order valence-electron chi connectivity index (χ3n) is 1.94. The molecular formula is C10H8F2N2O3. The molecule has 0 spiro atoms. The maximum absolute atomic E-state index is 12.4. The molecule has 17 heavy (non-hydrogen) atoms. The highest BCUT2D eigenvalue weighted by Crippen LogP contribution is 2.15. The second-order valence-corrected chi connectivity index (χ2v) is 2.96. The minimum absolute atomic E-state index is 0.0257. The van der Waals surface area contributed by atoms with Gasteiger partial charge >= 0.3 is 5.97 Å². The van der Waals surface area contributed by atoms with E-state index in [1.54, 1.807) is 6.07 Å². The molecule has 0 bridgehead atoms. The van der Waals surface area contributed by atoms with Crippen LogP contribution in [0, 0.1) is 11.3 Å². The van der Waals surface area contributed by atoms with Crippen LogP contribution in [-0.2, 0) is 4.74 Å². The first-order chi connectivity index (χ1) is 8.02. The number of carbonyl (C=O) groups is 1. The average molecular weight is 242 g/mol. The summed E-state index contributed by atoms with van der Waals surface area (Å²) in [4.78, 5) is 25.1. The van der Waals surface area contributed by atoms with Crippen molar-refractivity contribution in [3.05, 3.63) is 33.2 Å². The summed E-state index contributed by atoms with van der Waals surface area (Å²) >= 11 is 0. The zero-order valence-corrected chi connectivity index (χ0v) is 8.79. The van der Waals surface area contributed by atoms with Gasteiger partial charge in [0.05, 0.1) is 12.2 Å². The van der Waals surface area contributed by atoms with Gasteiger partial charge in [-0.2, -0.15) is 5.26 Å². The molecule has 0 aliphatic heterocycles. The Morgan fingerprint density at radius 1 is 1.65 bits per heavy atom. The van der Waals surface area contributed by atoms with Crippen molar-refractivity contribution in [2.45, 2.75) is 13.3 Å². The molecule has 0 aliphatic carbocycles. The number of ether oxygens (including phenoxy) is 1. The summed E-state index contributed by atoms with van der Waals surface area (Å²) in [6, 6.07) is 1.54. The Labute approximate surface area is 94.6 Å². The van der Waals surface area contributed by atoms with Crippen LogP contribution in [0.1, 0.15) is 35.0 Å². The first kappa shape index (κ1) is 12.8. The van der Waals surface area contributed by atoms with Crippen LogP contribution >= 0.6 is 0 Å². The summed E-state index contributed by atoms with van der Waals surface area (Å²) in [7, 11) is 0. The number of aromatic nitrogens is 1. The van der Waals surface area contributed by atoms with Gasteiger partial charge in [0.2, 0.25) is 5.43 Å². The van der Waals surface area contributed by atoms with E-state index in [1.807, 2.05) is 0 Å². The summed E-state index contributed by atoms with van der Waals surface area (Å²) in [5, 5.41) is 8.67. The Kier molecular flexibility index (Phi) is 3.93. The predicted octanol–water partition coefficient (Wildman–Crippen LogP) is 1.36. The van der Waals surface area contributed by atoms with Crippen molar-refractivity contribution in [2.75, 3.05) is 6.61 Å². The highest BCUT2D eigenvalue weighted by molar-refractivity contribution is 5.91. The average Bonchev–Trinajstić information content (AvgIpc) is 2.27.